The smallest absolute Gasteiger partial charge is 0.305 e. The minimum Gasteiger partial charge on any atom is -0.456 e. The number of fused-ring (bicyclic) bond motifs is 2. The number of hydrazine groups is 1. The first-order valence-electron chi connectivity index (χ1n) is 12.0. The van der Waals surface area contributed by atoms with Gasteiger partial charge in [0, 0.05) is 6.42 Å². The minimum atomic E-state index is -0.643. The maximum atomic E-state index is 12.8. The summed E-state index contributed by atoms with van der Waals surface area (Å²) in [6.45, 7) is 11.3. The molecule has 1 N–H and O–H groups in total. The van der Waals surface area contributed by atoms with Crippen LogP contribution in [-0.4, -0.2) is 22.7 Å². The van der Waals surface area contributed by atoms with Gasteiger partial charge >= 0.3 is 5.91 Å². The van der Waals surface area contributed by atoms with Crippen LogP contribution in [0.1, 0.15) is 99.8 Å². The summed E-state index contributed by atoms with van der Waals surface area (Å²) in [4.78, 5) is 37.8. The Morgan fingerprint density at radius 3 is 2.09 bits per heavy atom. The highest BCUT2D eigenvalue weighted by Crippen LogP contribution is 2.46. The number of benzene rings is 2. The molecule has 2 heterocycles. The number of nitrogens with one attached hydrogen (secondary N) is 1. The monoisotopic (exact) mass is 470 g/mol. The van der Waals surface area contributed by atoms with Crippen LogP contribution in [0.25, 0.3) is 0 Å². The maximum Gasteiger partial charge on any atom is 0.305 e. The van der Waals surface area contributed by atoms with Crippen molar-refractivity contribution < 1.29 is 18.8 Å². The van der Waals surface area contributed by atoms with E-state index < -0.39 is 17.7 Å². The first-order valence-corrected chi connectivity index (χ1v) is 12.0. The molecule has 6 nitrogen and oxygen atoms in total. The fourth-order valence-electron chi connectivity index (χ4n) is 5.19. The van der Waals surface area contributed by atoms with Gasteiger partial charge in [0.1, 0.15) is 5.76 Å². The quantitative estimate of drug-likeness (QED) is 0.513. The maximum absolute atomic E-state index is 12.8. The number of rotatable bonds is 4. The van der Waals surface area contributed by atoms with Crippen LogP contribution in [0.2, 0.25) is 0 Å². The van der Waals surface area contributed by atoms with Gasteiger partial charge in [0.25, 0.3) is 11.8 Å². The van der Waals surface area contributed by atoms with Crippen LogP contribution in [0.3, 0.4) is 0 Å². The molecule has 6 heteroatoms. The van der Waals surface area contributed by atoms with Crippen LogP contribution >= 0.6 is 0 Å². The van der Waals surface area contributed by atoms with Crippen LogP contribution in [0.15, 0.2) is 52.9 Å². The van der Waals surface area contributed by atoms with E-state index in [1.807, 2.05) is 0 Å². The predicted octanol–water partition coefficient (Wildman–Crippen LogP) is 5.47. The Bertz CT molecular complexity index is 1340. The third-order valence-electron chi connectivity index (χ3n) is 7.57. The Balaban J connectivity index is 1.35. The van der Waals surface area contributed by atoms with Crippen LogP contribution < -0.4 is 5.43 Å². The molecule has 0 bridgehead atoms. The highest BCUT2D eigenvalue weighted by atomic mass is 16.4. The molecule has 2 aliphatic rings. The normalized spacial score (nSPS) is 17.8. The average Bonchev–Trinajstić information content (AvgIpc) is 3.37. The van der Waals surface area contributed by atoms with E-state index in [-0.39, 0.29) is 27.7 Å². The van der Waals surface area contributed by atoms with E-state index in [0.29, 0.717) is 12.2 Å². The number of carbonyl (C=O) groups is 3. The predicted molar refractivity (Wildman–Crippen MR) is 132 cm³/mol. The zero-order chi connectivity index (χ0) is 25.1. The van der Waals surface area contributed by atoms with Gasteiger partial charge in [0.05, 0.1) is 11.1 Å². The number of furan rings is 1. The molecule has 35 heavy (non-hydrogen) atoms. The van der Waals surface area contributed by atoms with Gasteiger partial charge in [-0.2, -0.15) is 5.01 Å². The van der Waals surface area contributed by atoms with Crippen LogP contribution in [-0.2, 0) is 17.3 Å². The Morgan fingerprint density at radius 2 is 1.49 bits per heavy atom. The highest BCUT2D eigenvalue weighted by Gasteiger charge is 2.38. The van der Waals surface area contributed by atoms with Crippen molar-refractivity contribution in [1.29, 1.82) is 0 Å². The van der Waals surface area contributed by atoms with Crippen molar-refractivity contribution >= 4 is 17.7 Å². The molecule has 1 aliphatic heterocycles. The molecule has 0 saturated heterocycles. The molecule has 5 rings (SSSR count). The topological polar surface area (TPSA) is 79.6 Å². The van der Waals surface area contributed by atoms with Crippen LogP contribution in [0, 0.1) is 6.92 Å². The van der Waals surface area contributed by atoms with Crippen molar-refractivity contribution in [1.82, 2.24) is 10.4 Å². The lowest BCUT2D eigenvalue weighted by molar-refractivity contribution is 0.0510. The molecule has 2 aromatic carbocycles. The molecule has 1 aromatic heterocycles. The van der Waals surface area contributed by atoms with Crippen LogP contribution in [0.4, 0.5) is 0 Å². The minimum absolute atomic E-state index is 0.0497. The van der Waals surface area contributed by atoms with Crippen molar-refractivity contribution in [3.63, 3.8) is 0 Å². The van der Waals surface area contributed by atoms with E-state index in [1.165, 1.54) is 16.7 Å². The SMILES string of the molecule is Cc1cc2c(cc1Cc1ccc(C(=O)NN3C(=O)c4ccccc4C3=O)o1)C(C)(C)CCC2(C)C. The van der Waals surface area contributed by atoms with Gasteiger partial charge in [-0.3, -0.25) is 19.8 Å². The van der Waals surface area contributed by atoms with Crippen LogP contribution in [0.5, 0.6) is 0 Å². The first kappa shape index (κ1) is 23.1. The number of carbonyl (C=O) groups excluding carboxylic acids is 3. The molecule has 0 spiro atoms. The third-order valence-corrected chi connectivity index (χ3v) is 7.57. The second kappa shape index (κ2) is 7.94. The molecule has 3 aromatic rings. The largest absolute Gasteiger partial charge is 0.456 e. The van der Waals surface area contributed by atoms with Gasteiger partial charge < -0.3 is 4.42 Å². The lowest BCUT2D eigenvalue weighted by Gasteiger charge is -2.42. The second-order valence-corrected chi connectivity index (χ2v) is 11.0. The number of aryl methyl sites for hydroxylation is 1. The molecule has 0 atom stereocenters. The lowest BCUT2D eigenvalue weighted by atomic mass is 9.62. The summed E-state index contributed by atoms with van der Waals surface area (Å²) in [6.07, 6.45) is 2.85. The first-order chi connectivity index (χ1) is 16.5. The van der Waals surface area contributed by atoms with E-state index >= 15 is 0 Å². The van der Waals surface area contributed by atoms with Crippen molar-refractivity contribution in [2.75, 3.05) is 0 Å². The van der Waals surface area contributed by atoms with E-state index in [1.54, 1.807) is 36.4 Å². The second-order valence-electron chi connectivity index (χ2n) is 11.0. The number of imide groups is 1. The summed E-state index contributed by atoms with van der Waals surface area (Å²) < 4.78 is 5.84. The van der Waals surface area contributed by atoms with E-state index in [9.17, 15) is 14.4 Å². The number of amides is 3. The summed E-state index contributed by atoms with van der Waals surface area (Å²) >= 11 is 0. The van der Waals surface area contributed by atoms with E-state index in [2.05, 4.69) is 52.2 Å². The molecule has 0 fully saturated rings. The Kier molecular flexibility index (Phi) is 5.24. The molecule has 0 unspecified atom stereocenters. The molecular formula is C29H30N2O4. The Labute approximate surface area is 205 Å². The van der Waals surface area contributed by atoms with Crippen molar-refractivity contribution in [2.24, 2.45) is 0 Å². The molecular weight excluding hydrogens is 440 g/mol. The molecule has 1 aliphatic carbocycles. The Hall–Kier alpha value is -3.67. The zero-order valence-corrected chi connectivity index (χ0v) is 20.8. The fourth-order valence-corrected chi connectivity index (χ4v) is 5.19. The van der Waals surface area contributed by atoms with Gasteiger partial charge in [-0.1, -0.05) is 52.0 Å². The van der Waals surface area contributed by atoms with Crippen molar-refractivity contribution in [3.05, 3.63) is 93.4 Å². The Morgan fingerprint density at radius 1 is 0.914 bits per heavy atom. The van der Waals surface area contributed by atoms with Crippen molar-refractivity contribution in [2.45, 2.75) is 64.7 Å². The van der Waals surface area contributed by atoms with Gasteiger partial charge in [-0.15, -0.1) is 0 Å². The summed E-state index contributed by atoms with van der Waals surface area (Å²) in [5.41, 5.74) is 8.34. The zero-order valence-electron chi connectivity index (χ0n) is 20.8. The lowest BCUT2D eigenvalue weighted by Crippen LogP contribution is -2.45. The van der Waals surface area contributed by atoms with Crippen molar-refractivity contribution in [3.8, 4) is 0 Å². The molecule has 0 radical (unpaired) electrons. The van der Waals surface area contributed by atoms with Gasteiger partial charge in [0.15, 0.2) is 5.76 Å². The number of hydrogen-bond donors (Lipinski definition) is 1. The third kappa shape index (κ3) is 3.87. The molecule has 0 saturated carbocycles. The molecule has 180 valence electrons. The number of hydrogen-bond acceptors (Lipinski definition) is 4. The summed E-state index contributed by atoms with van der Waals surface area (Å²) in [7, 11) is 0. The van der Waals surface area contributed by atoms with Gasteiger partial charge in [-0.05, 0) is 77.1 Å². The average molecular weight is 471 g/mol. The van der Waals surface area contributed by atoms with Gasteiger partial charge in [-0.25, -0.2) is 0 Å². The summed E-state index contributed by atoms with van der Waals surface area (Å²) in [6, 6.07) is 14.4. The van der Waals surface area contributed by atoms with E-state index in [4.69, 9.17) is 4.42 Å². The fraction of sp³-hybridized carbons (Fsp3) is 0.345. The highest BCUT2D eigenvalue weighted by molar-refractivity contribution is 6.22. The summed E-state index contributed by atoms with van der Waals surface area (Å²) in [5.74, 6) is -1.06. The van der Waals surface area contributed by atoms with E-state index in [0.717, 1.165) is 23.4 Å². The number of nitrogens with zero attached hydrogens (tertiary/aromatic N) is 1. The molecule has 3 amide bonds. The van der Waals surface area contributed by atoms with Gasteiger partial charge in [0.2, 0.25) is 0 Å². The standard InChI is InChI=1S/C29H30N2O4/c1-17-14-22-23(29(4,5)13-12-28(22,2)3)16-18(17)15-19-10-11-24(35-19)25(32)30-31-26(33)20-8-6-7-9-21(20)27(31)34/h6-11,14,16H,12-13,15H2,1-5H3,(H,30,32). The summed E-state index contributed by atoms with van der Waals surface area (Å²) in [5, 5.41) is 0.743.